The SMILES string of the molecule is CCCOC(=O)c1ccc(NC(=S)NC(=O)c2ccco2)cc1. The number of carbonyl (C=O) groups excluding carboxylic acids is 2. The summed E-state index contributed by atoms with van der Waals surface area (Å²) in [5.74, 6) is -0.637. The number of anilines is 1. The quantitative estimate of drug-likeness (QED) is 0.647. The maximum Gasteiger partial charge on any atom is 0.338 e. The molecule has 0 radical (unpaired) electrons. The molecule has 2 aromatic rings. The van der Waals surface area contributed by atoms with Crippen LogP contribution in [0.2, 0.25) is 0 Å². The molecule has 2 rings (SSSR count). The predicted molar refractivity (Wildman–Crippen MR) is 89.4 cm³/mol. The first-order valence-electron chi connectivity index (χ1n) is 7.03. The molecule has 120 valence electrons. The van der Waals surface area contributed by atoms with Gasteiger partial charge in [0, 0.05) is 5.69 Å². The summed E-state index contributed by atoms with van der Waals surface area (Å²) in [6.07, 6.45) is 2.18. The second kappa shape index (κ2) is 8.09. The third kappa shape index (κ3) is 4.93. The largest absolute Gasteiger partial charge is 0.462 e. The minimum atomic E-state index is -0.438. The summed E-state index contributed by atoms with van der Waals surface area (Å²) >= 11 is 5.05. The van der Waals surface area contributed by atoms with Gasteiger partial charge in [-0.3, -0.25) is 10.1 Å². The van der Waals surface area contributed by atoms with E-state index in [1.54, 1.807) is 30.3 Å². The Balaban J connectivity index is 1.89. The molecule has 1 heterocycles. The Hall–Kier alpha value is -2.67. The molecule has 1 aromatic carbocycles. The van der Waals surface area contributed by atoms with Crippen molar-refractivity contribution in [3.63, 3.8) is 0 Å². The van der Waals surface area contributed by atoms with E-state index in [4.69, 9.17) is 21.4 Å². The average molecular weight is 332 g/mol. The number of thiocarbonyl (C=S) groups is 1. The average Bonchev–Trinajstić information content (AvgIpc) is 3.07. The van der Waals surface area contributed by atoms with E-state index in [9.17, 15) is 9.59 Å². The van der Waals surface area contributed by atoms with Crippen molar-refractivity contribution in [3.8, 4) is 0 Å². The molecule has 23 heavy (non-hydrogen) atoms. The maximum absolute atomic E-state index is 11.8. The fourth-order valence-electron chi connectivity index (χ4n) is 1.70. The van der Waals surface area contributed by atoms with Gasteiger partial charge in [0.1, 0.15) is 0 Å². The Kier molecular flexibility index (Phi) is 5.87. The van der Waals surface area contributed by atoms with Gasteiger partial charge in [-0.05, 0) is 55.0 Å². The zero-order valence-corrected chi connectivity index (χ0v) is 13.3. The van der Waals surface area contributed by atoms with E-state index < -0.39 is 5.91 Å². The first-order chi connectivity index (χ1) is 11.1. The molecule has 0 aliphatic carbocycles. The Morgan fingerprint density at radius 2 is 1.96 bits per heavy atom. The molecule has 0 saturated carbocycles. The van der Waals surface area contributed by atoms with Crippen molar-refractivity contribution >= 4 is 34.9 Å². The lowest BCUT2D eigenvalue weighted by Gasteiger charge is -2.09. The third-order valence-corrected chi connectivity index (χ3v) is 2.99. The van der Waals surface area contributed by atoms with Crippen LogP contribution in [0.15, 0.2) is 47.1 Å². The number of esters is 1. The van der Waals surface area contributed by atoms with Crippen LogP contribution in [0.4, 0.5) is 5.69 Å². The smallest absolute Gasteiger partial charge is 0.338 e. The van der Waals surface area contributed by atoms with Crippen LogP contribution in [0.1, 0.15) is 34.3 Å². The number of ether oxygens (including phenoxy) is 1. The van der Waals surface area contributed by atoms with Gasteiger partial charge in [0.25, 0.3) is 5.91 Å². The third-order valence-electron chi connectivity index (χ3n) is 2.79. The van der Waals surface area contributed by atoms with Gasteiger partial charge in [-0.2, -0.15) is 0 Å². The Bertz CT molecular complexity index is 681. The van der Waals surface area contributed by atoms with Crippen molar-refractivity contribution in [3.05, 3.63) is 54.0 Å². The fraction of sp³-hybridized carbons (Fsp3) is 0.188. The summed E-state index contributed by atoms with van der Waals surface area (Å²) in [6, 6.07) is 9.74. The van der Waals surface area contributed by atoms with Crippen LogP contribution in [0.25, 0.3) is 0 Å². The molecular weight excluding hydrogens is 316 g/mol. The number of carbonyl (C=O) groups is 2. The molecule has 1 amide bonds. The summed E-state index contributed by atoms with van der Waals surface area (Å²) in [5, 5.41) is 5.47. The van der Waals surface area contributed by atoms with Crippen LogP contribution in [-0.4, -0.2) is 23.6 Å². The molecule has 1 aromatic heterocycles. The van der Waals surface area contributed by atoms with E-state index in [1.165, 1.54) is 12.3 Å². The number of hydrogen-bond donors (Lipinski definition) is 2. The second-order valence-corrected chi connectivity index (χ2v) is 5.01. The van der Waals surface area contributed by atoms with Gasteiger partial charge in [-0.15, -0.1) is 0 Å². The van der Waals surface area contributed by atoms with Gasteiger partial charge >= 0.3 is 5.97 Å². The highest BCUT2D eigenvalue weighted by atomic mass is 32.1. The summed E-state index contributed by atoms with van der Waals surface area (Å²) in [7, 11) is 0. The van der Waals surface area contributed by atoms with Crippen LogP contribution < -0.4 is 10.6 Å². The van der Waals surface area contributed by atoms with Crippen LogP contribution in [0, 0.1) is 0 Å². The highest BCUT2D eigenvalue weighted by Crippen LogP contribution is 2.11. The number of furan rings is 1. The molecule has 0 bridgehead atoms. The van der Waals surface area contributed by atoms with Crippen molar-refractivity contribution in [2.45, 2.75) is 13.3 Å². The number of nitrogens with one attached hydrogen (secondary N) is 2. The van der Waals surface area contributed by atoms with Crippen LogP contribution in [0.3, 0.4) is 0 Å². The molecule has 0 aliphatic rings. The zero-order chi connectivity index (χ0) is 16.7. The topological polar surface area (TPSA) is 80.6 Å². The Labute approximate surface area is 138 Å². The monoisotopic (exact) mass is 332 g/mol. The summed E-state index contributed by atoms with van der Waals surface area (Å²) in [6.45, 7) is 2.32. The molecule has 2 N–H and O–H groups in total. The predicted octanol–water partition coefficient (Wildman–Crippen LogP) is 2.97. The minimum absolute atomic E-state index is 0.132. The lowest BCUT2D eigenvalue weighted by Crippen LogP contribution is -2.33. The zero-order valence-electron chi connectivity index (χ0n) is 12.5. The first kappa shape index (κ1) is 16.7. The van der Waals surface area contributed by atoms with Gasteiger partial charge < -0.3 is 14.5 Å². The molecular formula is C16H16N2O4S. The van der Waals surface area contributed by atoms with Crippen LogP contribution in [0.5, 0.6) is 0 Å². The van der Waals surface area contributed by atoms with Gasteiger partial charge in [0.05, 0.1) is 18.4 Å². The lowest BCUT2D eigenvalue weighted by atomic mass is 10.2. The standard InChI is InChI=1S/C16H16N2O4S/c1-2-9-22-15(20)11-5-7-12(8-6-11)17-16(23)18-14(19)13-4-3-10-21-13/h3-8,10H,2,9H2,1H3,(H2,17,18,19,23). The lowest BCUT2D eigenvalue weighted by molar-refractivity contribution is 0.0505. The van der Waals surface area contributed by atoms with Crippen molar-refractivity contribution in [2.24, 2.45) is 0 Å². The highest BCUT2D eigenvalue weighted by molar-refractivity contribution is 7.80. The van der Waals surface area contributed by atoms with Gasteiger partial charge in [0.15, 0.2) is 10.9 Å². The minimum Gasteiger partial charge on any atom is -0.462 e. The molecule has 0 unspecified atom stereocenters. The fourth-order valence-corrected chi connectivity index (χ4v) is 1.91. The van der Waals surface area contributed by atoms with Crippen molar-refractivity contribution in [1.82, 2.24) is 5.32 Å². The van der Waals surface area contributed by atoms with E-state index in [2.05, 4.69) is 10.6 Å². The Morgan fingerprint density at radius 1 is 1.22 bits per heavy atom. The van der Waals surface area contributed by atoms with Crippen molar-refractivity contribution in [1.29, 1.82) is 0 Å². The maximum atomic E-state index is 11.8. The van der Waals surface area contributed by atoms with E-state index in [-0.39, 0.29) is 16.8 Å². The number of benzene rings is 1. The molecule has 0 spiro atoms. The van der Waals surface area contributed by atoms with E-state index in [0.29, 0.717) is 17.9 Å². The normalized spacial score (nSPS) is 9.96. The van der Waals surface area contributed by atoms with Gasteiger partial charge in [-0.1, -0.05) is 6.92 Å². The van der Waals surface area contributed by atoms with Gasteiger partial charge in [-0.25, -0.2) is 4.79 Å². The second-order valence-electron chi connectivity index (χ2n) is 4.60. The molecule has 0 atom stereocenters. The summed E-state index contributed by atoms with van der Waals surface area (Å²) in [5.41, 5.74) is 1.09. The van der Waals surface area contributed by atoms with Crippen LogP contribution >= 0.6 is 12.2 Å². The van der Waals surface area contributed by atoms with Gasteiger partial charge in [0.2, 0.25) is 0 Å². The summed E-state index contributed by atoms with van der Waals surface area (Å²) in [4.78, 5) is 23.4. The van der Waals surface area contributed by atoms with Crippen molar-refractivity contribution in [2.75, 3.05) is 11.9 Å². The number of rotatable bonds is 5. The molecule has 7 heteroatoms. The molecule has 6 nitrogen and oxygen atoms in total. The first-order valence-corrected chi connectivity index (χ1v) is 7.44. The molecule has 0 saturated heterocycles. The van der Waals surface area contributed by atoms with E-state index in [1.807, 2.05) is 6.92 Å². The Morgan fingerprint density at radius 3 is 2.57 bits per heavy atom. The molecule has 0 aliphatic heterocycles. The summed E-state index contributed by atoms with van der Waals surface area (Å²) < 4.78 is 10.0. The molecule has 0 fully saturated rings. The van der Waals surface area contributed by atoms with E-state index in [0.717, 1.165) is 6.42 Å². The highest BCUT2D eigenvalue weighted by Gasteiger charge is 2.11. The van der Waals surface area contributed by atoms with Crippen LogP contribution in [-0.2, 0) is 4.74 Å². The number of hydrogen-bond acceptors (Lipinski definition) is 5. The number of amides is 1. The van der Waals surface area contributed by atoms with E-state index >= 15 is 0 Å². The van der Waals surface area contributed by atoms with Crippen molar-refractivity contribution < 1.29 is 18.7 Å².